The van der Waals surface area contributed by atoms with Gasteiger partial charge in [0, 0.05) is 19.5 Å². The van der Waals surface area contributed by atoms with Crippen molar-refractivity contribution in [3.05, 3.63) is 28.2 Å². The predicted octanol–water partition coefficient (Wildman–Crippen LogP) is 1.63. The van der Waals surface area contributed by atoms with E-state index < -0.39 is 0 Å². The molecule has 0 aliphatic carbocycles. The van der Waals surface area contributed by atoms with Gasteiger partial charge in [-0.25, -0.2) is 0 Å². The van der Waals surface area contributed by atoms with Gasteiger partial charge in [-0.05, 0) is 47.7 Å². The number of rotatable bonds is 4. The number of thiophene rings is 1. The number of nitrogens with zero attached hydrogens (tertiary/aromatic N) is 3. The lowest BCUT2D eigenvalue weighted by Gasteiger charge is -2.30. The molecule has 3 N–H and O–H groups in total. The normalized spacial score (nSPS) is 17.0. The molecule has 2 aromatic rings. The lowest BCUT2D eigenvalue weighted by Crippen LogP contribution is -2.36. The lowest BCUT2D eigenvalue weighted by atomic mass is 9.97. The van der Waals surface area contributed by atoms with Crippen LogP contribution in [0.5, 0.6) is 0 Å². The van der Waals surface area contributed by atoms with E-state index in [4.69, 9.17) is 5.73 Å². The summed E-state index contributed by atoms with van der Waals surface area (Å²) in [6.07, 6.45) is 3.12. The summed E-state index contributed by atoms with van der Waals surface area (Å²) >= 11 is 1.71. The molecule has 1 fully saturated rings. The largest absolute Gasteiger partial charge is 0.340 e. The van der Waals surface area contributed by atoms with Crippen LogP contribution >= 0.6 is 11.3 Å². The minimum absolute atomic E-state index is 0.667. The fourth-order valence-electron chi connectivity index (χ4n) is 2.46. The Morgan fingerprint density at radius 2 is 2.26 bits per heavy atom. The van der Waals surface area contributed by atoms with E-state index in [2.05, 4.69) is 36.9 Å². The van der Waals surface area contributed by atoms with Gasteiger partial charge in [0.2, 0.25) is 5.95 Å². The second kappa shape index (κ2) is 5.71. The Morgan fingerprint density at radius 3 is 2.95 bits per heavy atom. The monoisotopic (exact) mass is 277 g/mol. The molecule has 0 saturated carbocycles. The summed E-state index contributed by atoms with van der Waals surface area (Å²) in [4.78, 5) is 6.84. The molecule has 6 heteroatoms. The van der Waals surface area contributed by atoms with Crippen LogP contribution in [0.3, 0.4) is 0 Å². The summed E-state index contributed by atoms with van der Waals surface area (Å²) < 4.78 is 0. The number of piperidine rings is 1. The number of aromatic nitrogens is 3. The Morgan fingerprint density at radius 1 is 1.42 bits per heavy atom. The van der Waals surface area contributed by atoms with Crippen molar-refractivity contribution in [1.82, 2.24) is 15.2 Å². The molecular formula is C13H19N5S. The molecule has 0 amide bonds. The first-order valence-corrected chi connectivity index (χ1v) is 7.67. The maximum atomic E-state index is 5.71. The Bertz CT molecular complexity index is 499. The molecule has 3 rings (SSSR count). The molecular weight excluding hydrogens is 258 g/mol. The summed E-state index contributed by atoms with van der Waals surface area (Å²) in [5, 5.41) is 11.6. The van der Waals surface area contributed by atoms with Crippen LogP contribution in [-0.2, 0) is 6.42 Å². The van der Waals surface area contributed by atoms with Crippen LogP contribution in [0.2, 0.25) is 0 Å². The zero-order chi connectivity index (χ0) is 13.1. The Balaban J connectivity index is 1.62. The van der Waals surface area contributed by atoms with Crippen molar-refractivity contribution in [3.63, 3.8) is 0 Å². The smallest absolute Gasteiger partial charge is 0.244 e. The highest BCUT2D eigenvalue weighted by Crippen LogP contribution is 2.20. The van der Waals surface area contributed by atoms with E-state index in [1.165, 1.54) is 5.56 Å². The zero-order valence-corrected chi connectivity index (χ0v) is 11.7. The fraction of sp³-hybridized carbons (Fsp3) is 0.538. The number of H-pyrrole nitrogens is 1. The molecule has 0 atom stereocenters. The van der Waals surface area contributed by atoms with E-state index in [1.807, 2.05) is 0 Å². The second-order valence-electron chi connectivity index (χ2n) is 5.06. The third-order valence-electron chi connectivity index (χ3n) is 3.70. The summed E-state index contributed by atoms with van der Waals surface area (Å²) in [6.45, 7) is 2.82. The average Bonchev–Trinajstić information content (AvgIpc) is 3.11. The number of aromatic amines is 1. The first-order valence-electron chi connectivity index (χ1n) is 6.72. The van der Waals surface area contributed by atoms with E-state index in [1.54, 1.807) is 11.3 Å². The van der Waals surface area contributed by atoms with Crippen molar-refractivity contribution in [2.75, 3.05) is 24.5 Å². The van der Waals surface area contributed by atoms with Crippen molar-refractivity contribution in [3.8, 4) is 0 Å². The van der Waals surface area contributed by atoms with Crippen molar-refractivity contribution in [2.24, 2.45) is 11.7 Å². The highest BCUT2D eigenvalue weighted by Gasteiger charge is 2.20. The quantitative estimate of drug-likeness (QED) is 0.891. The van der Waals surface area contributed by atoms with Gasteiger partial charge in [0.15, 0.2) is 0 Å². The number of nitrogens with two attached hydrogens (primary N) is 1. The molecule has 1 saturated heterocycles. The zero-order valence-electron chi connectivity index (χ0n) is 10.9. The minimum atomic E-state index is 0.667. The minimum Gasteiger partial charge on any atom is -0.340 e. The Hall–Kier alpha value is -1.40. The highest BCUT2D eigenvalue weighted by molar-refractivity contribution is 7.07. The van der Waals surface area contributed by atoms with Crippen LogP contribution in [0.25, 0.3) is 0 Å². The molecule has 3 heterocycles. The molecule has 0 aromatic carbocycles. The Labute approximate surface area is 116 Å². The molecule has 1 aliphatic heterocycles. The maximum Gasteiger partial charge on any atom is 0.244 e. The highest BCUT2D eigenvalue weighted by atomic mass is 32.1. The van der Waals surface area contributed by atoms with Crippen molar-refractivity contribution in [2.45, 2.75) is 19.3 Å². The van der Waals surface area contributed by atoms with E-state index in [-0.39, 0.29) is 0 Å². The van der Waals surface area contributed by atoms with Gasteiger partial charge in [-0.3, -0.25) is 5.10 Å². The van der Waals surface area contributed by atoms with Gasteiger partial charge in [-0.15, -0.1) is 5.10 Å². The molecule has 0 spiro atoms. The third kappa shape index (κ3) is 2.96. The van der Waals surface area contributed by atoms with Gasteiger partial charge < -0.3 is 10.6 Å². The average molecular weight is 277 g/mol. The van der Waals surface area contributed by atoms with Gasteiger partial charge in [-0.2, -0.15) is 16.3 Å². The van der Waals surface area contributed by atoms with Crippen LogP contribution in [-0.4, -0.2) is 34.8 Å². The molecule has 102 valence electrons. The predicted molar refractivity (Wildman–Crippen MR) is 77.5 cm³/mol. The first-order chi connectivity index (χ1) is 9.35. The van der Waals surface area contributed by atoms with Gasteiger partial charge in [0.25, 0.3) is 0 Å². The summed E-state index contributed by atoms with van der Waals surface area (Å²) in [6, 6.07) is 2.12. The van der Waals surface area contributed by atoms with Crippen molar-refractivity contribution < 1.29 is 0 Å². The number of anilines is 1. The molecule has 19 heavy (non-hydrogen) atoms. The van der Waals surface area contributed by atoms with Crippen LogP contribution in [0, 0.1) is 5.92 Å². The summed E-state index contributed by atoms with van der Waals surface area (Å²) in [7, 11) is 0. The standard InChI is InChI=1S/C13H19N5S/c14-8-10-1-4-18(5-2-10)13-15-12(16-17-13)7-11-3-6-19-9-11/h3,6,9-10H,1-2,4-5,7-8,14H2,(H,15,16,17). The van der Waals surface area contributed by atoms with Crippen LogP contribution in [0.1, 0.15) is 24.2 Å². The van der Waals surface area contributed by atoms with Crippen LogP contribution in [0.4, 0.5) is 5.95 Å². The van der Waals surface area contributed by atoms with Gasteiger partial charge >= 0.3 is 0 Å². The van der Waals surface area contributed by atoms with Crippen molar-refractivity contribution >= 4 is 17.3 Å². The molecule has 2 aromatic heterocycles. The number of hydrogen-bond donors (Lipinski definition) is 2. The SMILES string of the molecule is NCC1CCN(c2n[nH]c(Cc3ccsc3)n2)CC1. The van der Waals surface area contributed by atoms with Gasteiger partial charge in [-0.1, -0.05) is 0 Å². The Kier molecular flexibility index (Phi) is 3.79. The van der Waals surface area contributed by atoms with Gasteiger partial charge in [0.05, 0.1) is 0 Å². The third-order valence-corrected chi connectivity index (χ3v) is 4.43. The molecule has 5 nitrogen and oxygen atoms in total. The van der Waals surface area contributed by atoms with E-state index >= 15 is 0 Å². The second-order valence-corrected chi connectivity index (χ2v) is 5.84. The van der Waals surface area contributed by atoms with Crippen LogP contribution < -0.4 is 10.6 Å². The van der Waals surface area contributed by atoms with Gasteiger partial charge in [0.1, 0.15) is 5.82 Å². The maximum absolute atomic E-state index is 5.71. The fourth-order valence-corrected chi connectivity index (χ4v) is 3.13. The summed E-state index contributed by atoms with van der Waals surface area (Å²) in [5.74, 6) is 2.44. The van der Waals surface area contributed by atoms with E-state index in [9.17, 15) is 0 Å². The topological polar surface area (TPSA) is 70.8 Å². The number of hydrogen-bond acceptors (Lipinski definition) is 5. The molecule has 0 radical (unpaired) electrons. The number of nitrogens with one attached hydrogen (secondary N) is 1. The first kappa shape index (κ1) is 12.6. The van der Waals surface area contributed by atoms with Crippen LogP contribution in [0.15, 0.2) is 16.8 Å². The summed E-state index contributed by atoms with van der Waals surface area (Å²) in [5.41, 5.74) is 7.00. The van der Waals surface area contributed by atoms with Crippen molar-refractivity contribution in [1.29, 1.82) is 0 Å². The van der Waals surface area contributed by atoms with E-state index in [0.717, 1.165) is 50.7 Å². The molecule has 0 bridgehead atoms. The molecule has 1 aliphatic rings. The molecule has 0 unspecified atom stereocenters. The lowest BCUT2D eigenvalue weighted by molar-refractivity contribution is 0.411. The van der Waals surface area contributed by atoms with E-state index in [0.29, 0.717) is 5.92 Å².